The van der Waals surface area contributed by atoms with E-state index < -0.39 is 23.8 Å². The molecule has 0 bridgehead atoms. The minimum Gasteiger partial charge on any atom is -0.445 e. The molecule has 8 nitrogen and oxygen atoms in total. The van der Waals surface area contributed by atoms with Crippen molar-refractivity contribution in [2.24, 2.45) is 0 Å². The van der Waals surface area contributed by atoms with E-state index in [0.717, 1.165) is 5.56 Å². The minimum absolute atomic E-state index is 0.126. The zero-order valence-electron chi connectivity index (χ0n) is 19.7. The molecule has 1 atom stereocenters. The summed E-state index contributed by atoms with van der Waals surface area (Å²) in [5.41, 5.74) is 1.51. The first kappa shape index (κ1) is 23.5. The van der Waals surface area contributed by atoms with Gasteiger partial charge in [-0.3, -0.25) is 0 Å². The van der Waals surface area contributed by atoms with Crippen LogP contribution in [0.3, 0.4) is 0 Å². The van der Waals surface area contributed by atoms with Gasteiger partial charge in [0.2, 0.25) is 0 Å². The number of imidazole rings is 1. The maximum atomic E-state index is 14.1. The van der Waals surface area contributed by atoms with Gasteiger partial charge in [0.15, 0.2) is 0 Å². The van der Waals surface area contributed by atoms with Crippen LogP contribution in [0.15, 0.2) is 48.5 Å². The molecule has 3 aromatic rings. The maximum Gasteiger partial charge on any atom is 0.410 e. The molecule has 0 spiro atoms. The Balaban J connectivity index is 1.49. The molecular formula is C25H29FN4O4. The number of carbonyl (C=O) groups excluding carboxylic acids is 2. The van der Waals surface area contributed by atoms with Gasteiger partial charge in [-0.1, -0.05) is 30.3 Å². The molecule has 1 N–H and O–H groups in total. The van der Waals surface area contributed by atoms with Crippen LogP contribution in [0.4, 0.5) is 14.0 Å². The average Bonchev–Trinajstić information content (AvgIpc) is 3.09. The molecule has 2 heterocycles. The van der Waals surface area contributed by atoms with E-state index in [1.54, 1.807) is 17.9 Å². The predicted octanol–water partition coefficient (Wildman–Crippen LogP) is 4.95. The van der Waals surface area contributed by atoms with Crippen LogP contribution in [0.25, 0.3) is 11.0 Å². The van der Waals surface area contributed by atoms with Gasteiger partial charge in [-0.25, -0.2) is 19.0 Å². The first-order valence-corrected chi connectivity index (χ1v) is 11.2. The van der Waals surface area contributed by atoms with Gasteiger partial charge < -0.3 is 24.3 Å². The number of halogens is 1. The van der Waals surface area contributed by atoms with Crippen molar-refractivity contribution < 1.29 is 23.5 Å². The van der Waals surface area contributed by atoms with Crippen molar-refractivity contribution in [3.8, 4) is 0 Å². The van der Waals surface area contributed by atoms with Crippen molar-refractivity contribution >= 4 is 23.2 Å². The monoisotopic (exact) mass is 468 g/mol. The fourth-order valence-electron chi connectivity index (χ4n) is 3.87. The quantitative estimate of drug-likeness (QED) is 0.572. The number of nitrogens with zero attached hydrogens (tertiary/aromatic N) is 3. The van der Waals surface area contributed by atoms with Gasteiger partial charge in [-0.05, 0) is 51.5 Å². The summed E-state index contributed by atoms with van der Waals surface area (Å²) in [7, 11) is 0. The molecule has 34 heavy (non-hydrogen) atoms. The van der Waals surface area contributed by atoms with Crippen molar-refractivity contribution in [3.05, 3.63) is 65.7 Å². The number of hydrogen-bond donors (Lipinski definition) is 1. The van der Waals surface area contributed by atoms with Crippen LogP contribution in [0.5, 0.6) is 0 Å². The van der Waals surface area contributed by atoms with E-state index >= 15 is 0 Å². The Labute approximate surface area is 197 Å². The van der Waals surface area contributed by atoms with Crippen LogP contribution >= 0.6 is 0 Å². The van der Waals surface area contributed by atoms with Gasteiger partial charge >= 0.3 is 12.2 Å². The highest BCUT2D eigenvalue weighted by molar-refractivity contribution is 5.77. The number of carbonyl (C=O) groups is 2. The lowest BCUT2D eigenvalue weighted by atomic mass is 10.1. The van der Waals surface area contributed by atoms with Gasteiger partial charge in [0.1, 0.15) is 23.8 Å². The van der Waals surface area contributed by atoms with Gasteiger partial charge in [-0.15, -0.1) is 0 Å². The minimum atomic E-state index is -0.587. The normalized spacial score (nSPS) is 15.0. The van der Waals surface area contributed by atoms with Gasteiger partial charge in [0.25, 0.3) is 0 Å². The SMILES string of the molecule is CC(NC(=O)OCc1ccccc1)c1nc2ccc(F)cc2n1C1CN(C(=O)OC(C)(C)C)C1. The number of benzene rings is 2. The van der Waals surface area contributed by atoms with Crippen molar-refractivity contribution in [3.63, 3.8) is 0 Å². The molecule has 9 heteroatoms. The second-order valence-electron chi connectivity index (χ2n) is 9.44. The summed E-state index contributed by atoms with van der Waals surface area (Å²) >= 11 is 0. The lowest BCUT2D eigenvalue weighted by molar-refractivity contribution is 0.00108. The second-order valence-corrected chi connectivity index (χ2v) is 9.44. The summed E-state index contributed by atoms with van der Waals surface area (Å²) in [6.45, 7) is 8.19. The first-order chi connectivity index (χ1) is 16.1. The third kappa shape index (κ3) is 5.30. The summed E-state index contributed by atoms with van der Waals surface area (Å²) in [5.74, 6) is 0.178. The van der Waals surface area contributed by atoms with Gasteiger partial charge in [0, 0.05) is 13.1 Å². The van der Waals surface area contributed by atoms with E-state index in [2.05, 4.69) is 10.3 Å². The van der Waals surface area contributed by atoms with Crippen molar-refractivity contribution in [1.82, 2.24) is 19.8 Å². The molecule has 1 aliphatic rings. The predicted molar refractivity (Wildman–Crippen MR) is 125 cm³/mol. The molecular weight excluding hydrogens is 439 g/mol. The Kier molecular flexibility index (Phi) is 6.45. The highest BCUT2D eigenvalue weighted by atomic mass is 19.1. The molecule has 1 fully saturated rings. The number of ether oxygens (including phenoxy) is 2. The van der Waals surface area contributed by atoms with Crippen LogP contribution in [0, 0.1) is 5.82 Å². The largest absolute Gasteiger partial charge is 0.445 e. The molecule has 2 aromatic carbocycles. The molecule has 0 saturated carbocycles. The van der Waals surface area contributed by atoms with E-state index in [1.165, 1.54) is 12.1 Å². The summed E-state index contributed by atoms with van der Waals surface area (Å²) < 4.78 is 26.7. The van der Waals surface area contributed by atoms with E-state index in [0.29, 0.717) is 29.9 Å². The molecule has 2 amide bonds. The zero-order chi connectivity index (χ0) is 24.5. The van der Waals surface area contributed by atoms with Crippen molar-refractivity contribution in [2.75, 3.05) is 13.1 Å². The Morgan fingerprint density at radius 1 is 1.18 bits per heavy atom. The fraction of sp³-hybridized carbons (Fsp3) is 0.400. The lowest BCUT2D eigenvalue weighted by Gasteiger charge is -2.41. The molecule has 180 valence electrons. The van der Waals surface area contributed by atoms with Crippen LogP contribution < -0.4 is 5.32 Å². The van der Waals surface area contributed by atoms with Gasteiger partial charge in [0.05, 0.1) is 23.1 Å². The first-order valence-electron chi connectivity index (χ1n) is 11.2. The number of likely N-dealkylation sites (tertiary alicyclic amines) is 1. The maximum absolute atomic E-state index is 14.1. The number of rotatable bonds is 5. The lowest BCUT2D eigenvalue weighted by Crippen LogP contribution is -2.52. The Morgan fingerprint density at radius 2 is 1.88 bits per heavy atom. The van der Waals surface area contributed by atoms with Crippen LogP contribution in [-0.4, -0.2) is 45.3 Å². The van der Waals surface area contributed by atoms with Crippen LogP contribution in [-0.2, 0) is 16.1 Å². The standard InChI is InChI=1S/C25H29FN4O4/c1-16(27-23(31)33-15-17-8-6-5-7-9-17)22-28-20-11-10-18(26)12-21(20)30(22)19-13-29(14-19)24(32)34-25(2,3)4/h5-12,16,19H,13-15H2,1-4H3,(H,27,31). The Bertz CT molecular complexity index is 1180. The van der Waals surface area contributed by atoms with E-state index in [9.17, 15) is 14.0 Å². The third-order valence-electron chi connectivity index (χ3n) is 5.49. The molecule has 1 unspecified atom stereocenters. The molecule has 1 saturated heterocycles. The molecule has 4 rings (SSSR count). The van der Waals surface area contributed by atoms with E-state index in [-0.39, 0.29) is 18.5 Å². The topological polar surface area (TPSA) is 85.7 Å². The van der Waals surface area contributed by atoms with Crippen molar-refractivity contribution in [1.29, 1.82) is 0 Å². The summed E-state index contributed by atoms with van der Waals surface area (Å²) in [6, 6.07) is 13.1. The zero-order valence-corrected chi connectivity index (χ0v) is 19.7. The summed E-state index contributed by atoms with van der Waals surface area (Å²) in [6.07, 6.45) is -0.971. The average molecular weight is 469 g/mol. The molecule has 0 aliphatic carbocycles. The summed E-state index contributed by atoms with van der Waals surface area (Å²) in [5, 5.41) is 2.81. The van der Waals surface area contributed by atoms with E-state index in [1.807, 2.05) is 55.7 Å². The van der Waals surface area contributed by atoms with Crippen LogP contribution in [0.1, 0.15) is 51.2 Å². The summed E-state index contributed by atoms with van der Waals surface area (Å²) in [4.78, 5) is 31.0. The number of aromatic nitrogens is 2. The second kappa shape index (κ2) is 9.32. The molecule has 1 aliphatic heterocycles. The number of amides is 2. The number of nitrogens with one attached hydrogen (secondary N) is 1. The van der Waals surface area contributed by atoms with Gasteiger partial charge in [-0.2, -0.15) is 0 Å². The van der Waals surface area contributed by atoms with Crippen molar-refractivity contribution in [2.45, 2.75) is 52.0 Å². The fourth-order valence-corrected chi connectivity index (χ4v) is 3.87. The number of alkyl carbamates (subject to hydrolysis) is 1. The Hall–Kier alpha value is -3.62. The number of hydrogen-bond acceptors (Lipinski definition) is 5. The van der Waals surface area contributed by atoms with E-state index in [4.69, 9.17) is 9.47 Å². The number of fused-ring (bicyclic) bond motifs is 1. The third-order valence-corrected chi connectivity index (χ3v) is 5.49. The molecule has 1 aromatic heterocycles. The smallest absolute Gasteiger partial charge is 0.410 e. The Morgan fingerprint density at radius 3 is 2.56 bits per heavy atom. The highest BCUT2D eigenvalue weighted by Crippen LogP contribution is 2.32. The molecule has 0 radical (unpaired) electrons. The van der Waals surface area contributed by atoms with Crippen LogP contribution in [0.2, 0.25) is 0 Å². The highest BCUT2D eigenvalue weighted by Gasteiger charge is 2.37.